The average molecular weight is 472 g/mol. The lowest BCUT2D eigenvalue weighted by Crippen LogP contribution is -2.39. The van der Waals surface area contributed by atoms with Gasteiger partial charge in [0.2, 0.25) is 0 Å². The molecule has 3 aromatic carbocycles. The first kappa shape index (κ1) is 24.3. The summed E-state index contributed by atoms with van der Waals surface area (Å²) in [5.41, 5.74) is 1.72. The van der Waals surface area contributed by atoms with Gasteiger partial charge in [-0.2, -0.15) is 0 Å². The normalized spacial score (nSPS) is 12.0. The van der Waals surface area contributed by atoms with Crippen molar-refractivity contribution in [3.63, 3.8) is 0 Å². The molecule has 1 atom stereocenters. The number of amides is 1. The molecular formula is C29H30FN3O2. The highest BCUT2D eigenvalue weighted by atomic mass is 19.1. The zero-order valence-electron chi connectivity index (χ0n) is 20.2. The number of rotatable bonds is 9. The molecule has 0 aliphatic rings. The lowest BCUT2D eigenvalue weighted by atomic mass is 10.1. The molecule has 1 unspecified atom stereocenters. The fraction of sp³-hybridized carbons (Fsp3) is 0.276. The molecule has 0 aliphatic heterocycles. The van der Waals surface area contributed by atoms with Gasteiger partial charge in [-0.3, -0.25) is 14.2 Å². The van der Waals surface area contributed by atoms with Crippen LogP contribution in [0.5, 0.6) is 0 Å². The smallest absolute Gasteiger partial charge is 0.261 e. The number of benzene rings is 3. The fourth-order valence-electron chi connectivity index (χ4n) is 4.42. The Morgan fingerprint density at radius 1 is 1.00 bits per heavy atom. The second kappa shape index (κ2) is 11.1. The van der Waals surface area contributed by atoms with Crippen LogP contribution >= 0.6 is 0 Å². The first-order valence-electron chi connectivity index (χ1n) is 12.1. The number of nitrogens with zero attached hydrogens (tertiary/aromatic N) is 3. The third-order valence-corrected chi connectivity index (χ3v) is 6.22. The molecule has 0 bridgehead atoms. The minimum Gasteiger partial charge on any atom is -0.328 e. The summed E-state index contributed by atoms with van der Waals surface area (Å²) in [5, 5.41) is 0.540. The molecule has 1 amide bonds. The van der Waals surface area contributed by atoms with Crippen LogP contribution in [0, 0.1) is 5.82 Å². The van der Waals surface area contributed by atoms with Gasteiger partial charge in [-0.1, -0.05) is 68.8 Å². The highest BCUT2D eigenvalue weighted by Gasteiger charge is 2.29. The van der Waals surface area contributed by atoms with E-state index in [9.17, 15) is 14.0 Å². The Morgan fingerprint density at radius 3 is 2.46 bits per heavy atom. The quantitative estimate of drug-likeness (QED) is 0.302. The van der Waals surface area contributed by atoms with E-state index in [0.29, 0.717) is 36.2 Å². The van der Waals surface area contributed by atoms with Crippen molar-refractivity contribution in [1.29, 1.82) is 0 Å². The van der Waals surface area contributed by atoms with Gasteiger partial charge in [-0.05, 0) is 48.7 Å². The highest BCUT2D eigenvalue weighted by Crippen LogP contribution is 2.27. The van der Waals surface area contributed by atoms with Crippen molar-refractivity contribution in [3.8, 4) is 0 Å². The number of fused-ring (bicyclic) bond motifs is 1. The Labute approximate surface area is 204 Å². The van der Waals surface area contributed by atoms with Gasteiger partial charge < -0.3 is 4.90 Å². The maximum Gasteiger partial charge on any atom is 0.261 e. The van der Waals surface area contributed by atoms with E-state index in [0.717, 1.165) is 18.4 Å². The predicted octanol–water partition coefficient (Wildman–Crippen LogP) is 5.98. The van der Waals surface area contributed by atoms with Crippen LogP contribution < -0.4 is 5.56 Å². The molecule has 0 spiro atoms. The van der Waals surface area contributed by atoms with E-state index in [1.165, 1.54) is 12.1 Å². The maximum atomic E-state index is 14.0. The van der Waals surface area contributed by atoms with Crippen molar-refractivity contribution in [2.45, 2.75) is 45.7 Å². The third kappa shape index (κ3) is 5.32. The average Bonchev–Trinajstić information content (AvgIpc) is 2.88. The van der Waals surface area contributed by atoms with E-state index in [4.69, 9.17) is 4.98 Å². The minimum absolute atomic E-state index is 0.137. The Hall–Kier alpha value is -3.80. The number of halogens is 1. The maximum absolute atomic E-state index is 14.0. The Morgan fingerprint density at radius 2 is 1.74 bits per heavy atom. The molecule has 0 fully saturated rings. The molecule has 0 radical (unpaired) electrons. The van der Waals surface area contributed by atoms with E-state index in [1.807, 2.05) is 55.5 Å². The topological polar surface area (TPSA) is 55.2 Å². The number of carbonyl (C=O) groups is 1. The summed E-state index contributed by atoms with van der Waals surface area (Å²) in [4.78, 5) is 34.0. The number of hydrogen-bond acceptors (Lipinski definition) is 3. The van der Waals surface area contributed by atoms with Gasteiger partial charge in [0.15, 0.2) is 0 Å². The molecule has 4 aromatic rings. The molecule has 0 N–H and O–H groups in total. The molecule has 1 heterocycles. The van der Waals surface area contributed by atoms with Crippen LogP contribution in [0.25, 0.3) is 10.9 Å². The largest absolute Gasteiger partial charge is 0.328 e. The fourth-order valence-corrected chi connectivity index (χ4v) is 4.42. The molecular weight excluding hydrogens is 441 g/mol. The number of aromatic nitrogens is 2. The number of carbonyl (C=O) groups excluding carboxylic acids is 1. The van der Waals surface area contributed by atoms with Gasteiger partial charge in [-0.25, -0.2) is 9.37 Å². The van der Waals surface area contributed by atoms with Gasteiger partial charge in [0.05, 0.1) is 23.5 Å². The van der Waals surface area contributed by atoms with Crippen molar-refractivity contribution in [2.24, 2.45) is 0 Å². The molecule has 5 nitrogen and oxygen atoms in total. The second-order valence-corrected chi connectivity index (χ2v) is 8.65. The Balaban J connectivity index is 1.87. The van der Waals surface area contributed by atoms with Crippen LogP contribution in [-0.2, 0) is 6.54 Å². The van der Waals surface area contributed by atoms with E-state index in [-0.39, 0.29) is 17.0 Å². The molecule has 6 heteroatoms. The SMILES string of the molecule is CCCCN(C(=O)c1cccc(F)c1)C(CC)c1nc2ccccc2c(=O)n1Cc1ccccc1. The van der Waals surface area contributed by atoms with Crippen LogP contribution in [0.3, 0.4) is 0 Å². The van der Waals surface area contributed by atoms with Crippen LogP contribution in [0.2, 0.25) is 0 Å². The van der Waals surface area contributed by atoms with Crippen molar-refractivity contribution >= 4 is 16.8 Å². The summed E-state index contributed by atoms with van der Waals surface area (Å²) in [5.74, 6) is -0.177. The summed E-state index contributed by atoms with van der Waals surface area (Å²) in [7, 11) is 0. The standard InChI is InChI=1S/C29H30FN3O2/c1-3-5-18-32(28(34)22-14-11-15-23(30)19-22)26(4-2)27-31-25-17-10-9-16-24(25)29(35)33(27)20-21-12-7-6-8-13-21/h6-17,19,26H,3-5,18,20H2,1-2H3. The Bertz CT molecular complexity index is 1370. The Kier molecular flexibility index (Phi) is 7.70. The lowest BCUT2D eigenvalue weighted by molar-refractivity contribution is 0.0653. The van der Waals surface area contributed by atoms with Crippen LogP contribution in [-0.4, -0.2) is 26.9 Å². The first-order chi connectivity index (χ1) is 17.0. The molecule has 0 saturated heterocycles. The minimum atomic E-state index is -0.454. The van der Waals surface area contributed by atoms with Gasteiger partial charge in [-0.15, -0.1) is 0 Å². The van der Waals surface area contributed by atoms with Crippen LogP contribution in [0.15, 0.2) is 83.7 Å². The number of unbranched alkanes of at least 4 members (excludes halogenated alkanes) is 1. The molecule has 4 rings (SSSR count). The van der Waals surface area contributed by atoms with Crippen molar-refractivity contribution in [2.75, 3.05) is 6.54 Å². The first-order valence-corrected chi connectivity index (χ1v) is 12.1. The van der Waals surface area contributed by atoms with Crippen molar-refractivity contribution in [1.82, 2.24) is 14.5 Å². The van der Waals surface area contributed by atoms with Gasteiger partial charge in [0.1, 0.15) is 11.6 Å². The van der Waals surface area contributed by atoms with Gasteiger partial charge in [0.25, 0.3) is 11.5 Å². The second-order valence-electron chi connectivity index (χ2n) is 8.65. The van der Waals surface area contributed by atoms with Crippen LogP contribution in [0.1, 0.15) is 60.9 Å². The molecule has 180 valence electrons. The zero-order valence-corrected chi connectivity index (χ0v) is 20.2. The highest BCUT2D eigenvalue weighted by molar-refractivity contribution is 5.94. The van der Waals surface area contributed by atoms with Crippen molar-refractivity contribution in [3.05, 3.63) is 112 Å². The van der Waals surface area contributed by atoms with Crippen molar-refractivity contribution < 1.29 is 9.18 Å². The summed E-state index contributed by atoms with van der Waals surface area (Å²) >= 11 is 0. The van der Waals surface area contributed by atoms with Gasteiger partial charge >= 0.3 is 0 Å². The number of para-hydroxylation sites is 1. The van der Waals surface area contributed by atoms with E-state index in [1.54, 1.807) is 27.7 Å². The summed E-state index contributed by atoms with van der Waals surface area (Å²) in [6.07, 6.45) is 2.24. The molecule has 0 aliphatic carbocycles. The number of hydrogen-bond donors (Lipinski definition) is 0. The zero-order chi connectivity index (χ0) is 24.8. The lowest BCUT2D eigenvalue weighted by Gasteiger charge is -2.32. The van der Waals surface area contributed by atoms with Gasteiger partial charge in [0, 0.05) is 12.1 Å². The molecule has 0 saturated carbocycles. The third-order valence-electron chi connectivity index (χ3n) is 6.22. The van der Waals surface area contributed by atoms with E-state index < -0.39 is 11.9 Å². The summed E-state index contributed by atoms with van der Waals surface area (Å²) in [6.45, 7) is 4.87. The molecule has 35 heavy (non-hydrogen) atoms. The molecule has 1 aromatic heterocycles. The monoisotopic (exact) mass is 471 g/mol. The summed E-state index contributed by atoms with van der Waals surface area (Å²) in [6, 6.07) is 22.4. The van der Waals surface area contributed by atoms with E-state index >= 15 is 0 Å². The van der Waals surface area contributed by atoms with Crippen LogP contribution in [0.4, 0.5) is 4.39 Å². The predicted molar refractivity (Wildman–Crippen MR) is 137 cm³/mol. The summed E-state index contributed by atoms with van der Waals surface area (Å²) < 4.78 is 15.6. The van der Waals surface area contributed by atoms with E-state index in [2.05, 4.69) is 6.92 Å².